The van der Waals surface area contributed by atoms with Crippen LogP contribution in [0.1, 0.15) is 31.4 Å². The van der Waals surface area contributed by atoms with E-state index in [2.05, 4.69) is 10.6 Å². The zero-order valence-corrected chi connectivity index (χ0v) is 13.6. The number of hydrogen-bond acceptors (Lipinski definition) is 4. The van der Waals surface area contributed by atoms with Gasteiger partial charge in [0.2, 0.25) is 5.91 Å². The van der Waals surface area contributed by atoms with Gasteiger partial charge in [-0.15, -0.1) is 12.4 Å². The van der Waals surface area contributed by atoms with Crippen LogP contribution in [0.15, 0.2) is 18.2 Å². The molecule has 2 aliphatic heterocycles. The molecule has 2 atom stereocenters. The van der Waals surface area contributed by atoms with Crippen LogP contribution in [0.5, 0.6) is 11.5 Å². The number of amides is 1. The van der Waals surface area contributed by atoms with Gasteiger partial charge in [-0.05, 0) is 44.0 Å². The second kappa shape index (κ2) is 7.70. The molecule has 122 valence electrons. The van der Waals surface area contributed by atoms with Crippen molar-refractivity contribution in [2.45, 2.75) is 25.8 Å². The minimum atomic E-state index is -0.0322. The summed E-state index contributed by atoms with van der Waals surface area (Å²) in [6, 6.07) is 5.82. The van der Waals surface area contributed by atoms with E-state index in [0.717, 1.165) is 43.0 Å². The topological polar surface area (TPSA) is 59.6 Å². The van der Waals surface area contributed by atoms with Crippen LogP contribution in [0, 0.1) is 5.92 Å². The summed E-state index contributed by atoms with van der Waals surface area (Å²) in [6.07, 6.45) is 2.03. The van der Waals surface area contributed by atoms with Gasteiger partial charge < -0.3 is 20.1 Å². The normalized spacial score (nSPS) is 21.4. The Hall–Kier alpha value is -1.46. The molecule has 2 unspecified atom stereocenters. The largest absolute Gasteiger partial charge is 0.486 e. The van der Waals surface area contributed by atoms with Gasteiger partial charge in [-0.2, -0.15) is 0 Å². The molecule has 1 fully saturated rings. The van der Waals surface area contributed by atoms with E-state index in [-0.39, 0.29) is 30.3 Å². The summed E-state index contributed by atoms with van der Waals surface area (Å²) < 4.78 is 11.1. The standard InChI is InChI=1S/C16H22N2O3.ClH/c1-11(18-16(19)13-3-2-6-17-10-13)12-4-5-14-15(9-12)21-8-7-20-14;/h4-5,9,11,13,17H,2-3,6-8,10H2,1H3,(H,18,19);1H. The van der Waals surface area contributed by atoms with Crippen molar-refractivity contribution in [3.8, 4) is 11.5 Å². The van der Waals surface area contributed by atoms with Crippen molar-refractivity contribution in [2.75, 3.05) is 26.3 Å². The predicted molar refractivity (Wildman–Crippen MR) is 86.8 cm³/mol. The average Bonchev–Trinajstić information content (AvgIpc) is 2.55. The predicted octanol–water partition coefficient (Wildman–Crippen LogP) is 2.06. The van der Waals surface area contributed by atoms with Crippen LogP contribution in [-0.4, -0.2) is 32.2 Å². The summed E-state index contributed by atoms with van der Waals surface area (Å²) in [7, 11) is 0. The monoisotopic (exact) mass is 326 g/mol. The Bertz CT molecular complexity index is 518. The maximum atomic E-state index is 12.3. The van der Waals surface area contributed by atoms with Gasteiger partial charge >= 0.3 is 0 Å². The van der Waals surface area contributed by atoms with Crippen LogP contribution < -0.4 is 20.1 Å². The number of benzene rings is 1. The third kappa shape index (κ3) is 3.84. The van der Waals surface area contributed by atoms with Gasteiger partial charge in [-0.1, -0.05) is 6.07 Å². The summed E-state index contributed by atoms with van der Waals surface area (Å²) in [4.78, 5) is 12.3. The zero-order chi connectivity index (χ0) is 14.7. The molecule has 1 amide bonds. The summed E-state index contributed by atoms with van der Waals surface area (Å²) in [6.45, 7) is 4.96. The molecule has 5 nitrogen and oxygen atoms in total. The Morgan fingerprint density at radius 1 is 1.32 bits per heavy atom. The van der Waals surface area contributed by atoms with Crippen LogP contribution >= 0.6 is 12.4 Å². The summed E-state index contributed by atoms with van der Waals surface area (Å²) >= 11 is 0. The molecule has 0 spiro atoms. The minimum Gasteiger partial charge on any atom is -0.486 e. The van der Waals surface area contributed by atoms with Crippen LogP contribution in [-0.2, 0) is 4.79 Å². The Labute approximate surface area is 137 Å². The highest BCUT2D eigenvalue weighted by Crippen LogP contribution is 2.32. The van der Waals surface area contributed by atoms with E-state index in [1.807, 2.05) is 25.1 Å². The molecule has 1 aromatic carbocycles. The first-order valence-corrected chi connectivity index (χ1v) is 7.64. The molecular formula is C16H23ClN2O3. The van der Waals surface area contributed by atoms with Crippen molar-refractivity contribution in [2.24, 2.45) is 5.92 Å². The number of ether oxygens (including phenoxy) is 2. The lowest BCUT2D eigenvalue weighted by Crippen LogP contribution is -2.41. The van der Waals surface area contributed by atoms with E-state index in [1.54, 1.807) is 0 Å². The Balaban J connectivity index is 0.00000176. The van der Waals surface area contributed by atoms with E-state index in [4.69, 9.17) is 9.47 Å². The van der Waals surface area contributed by atoms with Gasteiger partial charge in [-0.3, -0.25) is 4.79 Å². The molecule has 6 heteroatoms. The van der Waals surface area contributed by atoms with Crippen LogP contribution in [0.4, 0.5) is 0 Å². The number of hydrogen-bond donors (Lipinski definition) is 2. The van der Waals surface area contributed by atoms with Crippen molar-refractivity contribution in [1.29, 1.82) is 0 Å². The first-order chi connectivity index (χ1) is 10.2. The lowest BCUT2D eigenvalue weighted by atomic mass is 9.98. The molecule has 0 saturated carbocycles. The number of rotatable bonds is 3. The molecule has 2 aliphatic rings. The molecule has 0 bridgehead atoms. The fraction of sp³-hybridized carbons (Fsp3) is 0.562. The number of carbonyl (C=O) groups excluding carboxylic acids is 1. The highest BCUT2D eigenvalue weighted by atomic mass is 35.5. The van der Waals surface area contributed by atoms with Crippen molar-refractivity contribution >= 4 is 18.3 Å². The van der Waals surface area contributed by atoms with Gasteiger partial charge in [0.1, 0.15) is 13.2 Å². The molecule has 2 N–H and O–H groups in total. The maximum absolute atomic E-state index is 12.3. The Morgan fingerprint density at radius 3 is 2.82 bits per heavy atom. The second-order valence-corrected chi connectivity index (χ2v) is 5.68. The highest BCUT2D eigenvalue weighted by Gasteiger charge is 2.23. The van der Waals surface area contributed by atoms with E-state index < -0.39 is 0 Å². The van der Waals surface area contributed by atoms with Gasteiger partial charge in [0.05, 0.1) is 12.0 Å². The number of carbonyl (C=O) groups is 1. The molecule has 0 aliphatic carbocycles. The Kier molecular flexibility index (Phi) is 5.91. The summed E-state index contributed by atoms with van der Waals surface area (Å²) in [5.41, 5.74) is 1.04. The van der Waals surface area contributed by atoms with Crippen LogP contribution in [0.2, 0.25) is 0 Å². The van der Waals surface area contributed by atoms with Gasteiger partial charge in [0, 0.05) is 6.54 Å². The van der Waals surface area contributed by atoms with Gasteiger partial charge in [0.25, 0.3) is 0 Å². The van der Waals surface area contributed by atoms with Crippen LogP contribution in [0.3, 0.4) is 0 Å². The zero-order valence-electron chi connectivity index (χ0n) is 12.8. The molecular weight excluding hydrogens is 304 g/mol. The van der Waals surface area contributed by atoms with Gasteiger partial charge in [-0.25, -0.2) is 0 Å². The first kappa shape index (κ1) is 16.9. The summed E-state index contributed by atoms with van der Waals surface area (Å²) in [5.74, 6) is 1.75. The second-order valence-electron chi connectivity index (χ2n) is 5.68. The van der Waals surface area contributed by atoms with Crippen molar-refractivity contribution < 1.29 is 14.3 Å². The van der Waals surface area contributed by atoms with E-state index in [1.165, 1.54) is 0 Å². The molecule has 3 rings (SSSR count). The molecule has 0 radical (unpaired) electrons. The van der Waals surface area contributed by atoms with Crippen LogP contribution in [0.25, 0.3) is 0 Å². The minimum absolute atomic E-state index is 0. The molecule has 0 aromatic heterocycles. The lowest BCUT2D eigenvalue weighted by molar-refractivity contribution is -0.126. The van der Waals surface area contributed by atoms with Gasteiger partial charge in [0.15, 0.2) is 11.5 Å². The van der Waals surface area contributed by atoms with Crippen molar-refractivity contribution in [1.82, 2.24) is 10.6 Å². The van der Waals surface area contributed by atoms with E-state index in [0.29, 0.717) is 13.2 Å². The molecule has 2 heterocycles. The highest BCUT2D eigenvalue weighted by molar-refractivity contribution is 5.85. The van der Waals surface area contributed by atoms with Crippen molar-refractivity contribution in [3.63, 3.8) is 0 Å². The number of piperidine rings is 1. The smallest absolute Gasteiger partial charge is 0.224 e. The first-order valence-electron chi connectivity index (χ1n) is 7.64. The van der Waals surface area contributed by atoms with E-state index >= 15 is 0 Å². The number of fused-ring (bicyclic) bond motifs is 1. The maximum Gasteiger partial charge on any atom is 0.224 e. The van der Waals surface area contributed by atoms with Crippen molar-refractivity contribution in [3.05, 3.63) is 23.8 Å². The molecule has 22 heavy (non-hydrogen) atoms. The number of halogens is 1. The molecule has 1 aromatic rings. The molecule has 1 saturated heterocycles. The number of nitrogens with one attached hydrogen (secondary N) is 2. The fourth-order valence-corrected chi connectivity index (χ4v) is 2.82. The third-order valence-electron chi connectivity index (χ3n) is 4.09. The van der Waals surface area contributed by atoms with E-state index in [9.17, 15) is 4.79 Å². The average molecular weight is 327 g/mol. The SMILES string of the molecule is CC(NC(=O)C1CCCNC1)c1ccc2c(c1)OCCO2.Cl. The summed E-state index contributed by atoms with van der Waals surface area (Å²) in [5, 5.41) is 6.37. The lowest BCUT2D eigenvalue weighted by Gasteiger charge is -2.25. The Morgan fingerprint density at radius 2 is 2.09 bits per heavy atom. The fourth-order valence-electron chi connectivity index (χ4n) is 2.82. The quantitative estimate of drug-likeness (QED) is 0.892. The third-order valence-corrected chi connectivity index (χ3v) is 4.09.